The summed E-state index contributed by atoms with van der Waals surface area (Å²) >= 11 is 0. The van der Waals surface area contributed by atoms with E-state index in [0.29, 0.717) is 41.3 Å². The second kappa shape index (κ2) is 6.46. The molecule has 8 heteroatoms. The Balaban J connectivity index is 1.99. The molecule has 2 aromatic rings. The van der Waals surface area contributed by atoms with E-state index in [0.717, 1.165) is 17.7 Å². The number of methoxy groups -OCH3 is 2. The monoisotopic (exact) mass is 369 g/mol. The lowest BCUT2D eigenvalue weighted by Crippen LogP contribution is -2.36. The topological polar surface area (TPSA) is 113 Å². The van der Waals surface area contributed by atoms with E-state index in [-0.39, 0.29) is 5.78 Å². The minimum absolute atomic E-state index is 0.000199. The van der Waals surface area contributed by atoms with Gasteiger partial charge in [0.15, 0.2) is 17.3 Å². The number of anilines is 1. The highest BCUT2D eigenvalue weighted by Crippen LogP contribution is 2.44. The van der Waals surface area contributed by atoms with Crippen LogP contribution in [0.15, 0.2) is 39.1 Å². The number of nitrogens with one attached hydrogen (secondary N) is 3. The van der Waals surface area contributed by atoms with E-state index in [1.165, 1.54) is 14.2 Å². The van der Waals surface area contributed by atoms with Gasteiger partial charge in [-0.15, -0.1) is 0 Å². The number of hydrogen-bond donors (Lipinski definition) is 3. The molecule has 4 rings (SSSR count). The van der Waals surface area contributed by atoms with E-state index in [9.17, 15) is 14.4 Å². The number of fused-ring (bicyclic) bond motifs is 1. The smallest absolute Gasteiger partial charge is 0.327 e. The van der Waals surface area contributed by atoms with Gasteiger partial charge in [0.2, 0.25) is 0 Å². The van der Waals surface area contributed by atoms with Crippen molar-refractivity contribution >= 4 is 11.6 Å². The Kier molecular flexibility index (Phi) is 4.10. The van der Waals surface area contributed by atoms with Gasteiger partial charge in [-0.3, -0.25) is 19.6 Å². The lowest BCUT2D eigenvalue weighted by atomic mass is 9.76. The number of H-pyrrole nitrogens is 2. The zero-order valence-electron chi connectivity index (χ0n) is 15.0. The number of Topliss-reactive ketones (excluding diaryl/α,β-unsaturated/α-hetero) is 1. The van der Waals surface area contributed by atoms with Gasteiger partial charge in [0, 0.05) is 23.6 Å². The van der Waals surface area contributed by atoms with Gasteiger partial charge >= 0.3 is 5.69 Å². The number of benzene rings is 1. The van der Waals surface area contributed by atoms with Crippen molar-refractivity contribution < 1.29 is 14.3 Å². The molecule has 0 spiro atoms. The summed E-state index contributed by atoms with van der Waals surface area (Å²) in [5.74, 6) is 0.789. The molecule has 0 radical (unpaired) electrons. The Bertz CT molecular complexity index is 1080. The van der Waals surface area contributed by atoms with Crippen LogP contribution < -0.4 is 26.0 Å². The normalized spacial score (nSPS) is 18.4. The van der Waals surface area contributed by atoms with Crippen molar-refractivity contribution in [1.82, 2.24) is 9.97 Å². The van der Waals surface area contributed by atoms with Crippen molar-refractivity contribution in [2.45, 2.75) is 25.2 Å². The van der Waals surface area contributed by atoms with Crippen LogP contribution in [0.5, 0.6) is 11.5 Å². The third kappa shape index (κ3) is 2.73. The first kappa shape index (κ1) is 17.1. The van der Waals surface area contributed by atoms with Gasteiger partial charge in [0.05, 0.1) is 19.8 Å². The first-order valence-corrected chi connectivity index (χ1v) is 8.65. The molecule has 27 heavy (non-hydrogen) atoms. The first-order valence-electron chi connectivity index (χ1n) is 8.65. The average molecular weight is 369 g/mol. The molecule has 140 valence electrons. The molecule has 3 N–H and O–H groups in total. The fraction of sp³-hybridized carbons (Fsp3) is 0.316. The van der Waals surface area contributed by atoms with Gasteiger partial charge in [-0.05, 0) is 30.5 Å². The number of carbonyl (C=O) groups excluding carboxylic acids is 1. The summed E-state index contributed by atoms with van der Waals surface area (Å²) in [6.07, 6.45) is 1.84. The lowest BCUT2D eigenvalue weighted by molar-refractivity contribution is -0.116. The summed E-state index contributed by atoms with van der Waals surface area (Å²) in [7, 11) is 3.07. The predicted molar refractivity (Wildman–Crippen MR) is 98.6 cm³/mol. The highest BCUT2D eigenvalue weighted by molar-refractivity contribution is 6.00. The SMILES string of the molecule is COc1ccc(C2C3=C(CCCC3=O)Nc3[nH]c(=O)[nH]c(=O)c32)cc1OC. The summed E-state index contributed by atoms with van der Waals surface area (Å²) in [6, 6.07) is 5.30. The highest BCUT2D eigenvalue weighted by atomic mass is 16.5. The number of allylic oxidation sites excluding steroid dienone is 2. The van der Waals surface area contributed by atoms with Crippen LogP contribution in [0.25, 0.3) is 0 Å². The van der Waals surface area contributed by atoms with Gasteiger partial charge < -0.3 is 14.8 Å². The van der Waals surface area contributed by atoms with E-state index in [4.69, 9.17) is 9.47 Å². The van der Waals surface area contributed by atoms with Crippen molar-refractivity contribution in [3.8, 4) is 11.5 Å². The molecule has 1 aromatic heterocycles. The molecule has 1 atom stereocenters. The number of ketones is 1. The molecule has 0 amide bonds. The maximum absolute atomic E-state index is 12.7. The van der Waals surface area contributed by atoms with E-state index < -0.39 is 17.2 Å². The number of carbonyl (C=O) groups is 1. The van der Waals surface area contributed by atoms with Gasteiger partial charge in [-0.1, -0.05) is 6.07 Å². The van der Waals surface area contributed by atoms with Crippen molar-refractivity contribution in [1.29, 1.82) is 0 Å². The quantitative estimate of drug-likeness (QED) is 0.758. The molecule has 1 aliphatic heterocycles. The maximum Gasteiger partial charge on any atom is 0.327 e. The second-order valence-electron chi connectivity index (χ2n) is 6.54. The molecule has 0 saturated carbocycles. The van der Waals surface area contributed by atoms with Gasteiger partial charge in [0.25, 0.3) is 5.56 Å². The van der Waals surface area contributed by atoms with Crippen LogP contribution >= 0.6 is 0 Å². The zero-order valence-corrected chi connectivity index (χ0v) is 15.0. The molecule has 1 aromatic carbocycles. The third-order valence-electron chi connectivity index (χ3n) is 5.03. The van der Waals surface area contributed by atoms with Crippen LogP contribution in [0.2, 0.25) is 0 Å². The molecule has 2 aliphatic rings. The molecule has 0 fully saturated rings. The Morgan fingerprint density at radius 2 is 1.78 bits per heavy atom. The summed E-state index contributed by atoms with van der Waals surface area (Å²) < 4.78 is 10.7. The van der Waals surface area contributed by atoms with Crippen LogP contribution in [0.4, 0.5) is 5.82 Å². The second-order valence-corrected chi connectivity index (χ2v) is 6.54. The number of aromatic amines is 2. The van der Waals surface area contributed by atoms with E-state index in [2.05, 4.69) is 15.3 Å². The van der Waals surface area contributed by atoms with E-state index in [1.807, 2.05) is 0 Å². The Morgan fingerprint density at radius 1 is 1.00 bits per heavy atom. The lowest BCUT2D eigenvalue weighted by Gasteiger charge is -2.33. The number of rotatable bonds is 3. The molecule has 1 unspecified atom stereocenters. The van der Waals surface area contributed by atoms with Crippen LogP contribution in [0.3, 0.4) is 0 Å². The van der Waals surface area contributed by atoms with Crippen molar-refractivity contribution in [2.24, 2.45) is 0 Å². The predicted octanol–water partition coefficient (Wildman–Crippen LogP) is 1.64. The standard InChI is InChI=1S/C19H19N3O5/c1-26-12-7-6-9(8-13(12)27-2)14-15-10(4-3-5-11(15)23)20-17-16(14)18(24)22-19(25)21-17/h6-8,14H,3-5H2,1-2H3,(H3,20,21,22,24,25). The van der Waals surface area contributed by atoms with Crippen LogP contribution in [-0.4, -0.2) is 30.0 Å². The number of hydrogen-bond acceptors (Lipinski definition) is 6. The minimum atomic E-state index is -0.594. The maximum atomic E-state index is 12.7. The first-order chi connectivity index (χ1) is 13.0. The van der Waals surface area contributed by atoms with Gasteiger partial charge in [-0.2, -0.15) is 0 Å². The van der Waals surface area contributed by atoms with E-state index >= 15 is 0 Å². The summed E-state index contributed by atoms with van der Waals surface area (Å²) in [5, 5.41) is 3.09. The van der Waals surface area contributed by atoms with Gasteiger partial charge in [0.1, 0.15) is 5.82 Å². The van der Waals surface area contributed by atoms with Crippen molar-refractivity contribution in [3.05, 3.63) is 61.4 Å². The third-order valence-corrected chi connectivity index (χ3v) is 5.03. The molecular formula is C19H19N3O5. The largest absolute Gasteiger partial charge is 0.493 e. The average Bonchev–Trinajstić information content (AvgIpc) is 2.65. The molecule has 1 aliphatic carbocycles. The molecule has 2 heterocycles. The van der Waals surface area contributed by atoms with Crippen LogP contribution in [-0.2, 0) is 4.79 Å². The Morgan fingerprint density at radius 3 is 2.52 bits per heavy atom. The van der Waals surface area contributed by atoms with Crippen LogP contribution in [0.1, 0.15) is 36.3 Å². The number of aromatic nitrogens is 2. The molecular weight excluding hydrogens is 350 g/mol. The summed E-state index contributed by atoms with van der Waals surface area (Å²) in [4.78, 5) is 42.0. The molecule has 0 saturated heterocycles. The number of ether oxygens (including phenoxy) is 2. The van der Waals surface area contributed by atoms with Crippen molar-refractivity contribution in [2.75, 3.05) is 19.5 Å². The summed E-state index contributed by atoms with van der Waals surface area (Å²) in [5.41, 5.74) is 1.24. The van der Waals surface area contributed by atoms with Crippen LogP contribution in [0, 0.1) is 0 Å². The van der Waals surface area contributed by atoms with Crippen molar-refractivity contribution in [3.63, 3.8) is 0 Å². The molecule has 8 nitrogen and oxygen atoms in total. The summed E-state index contributed by atoms with van der Waals surface area (Å²) in [6.45, 7) is 0. The minimum Gasteiger partial charge on any atom is -0.493 e. The molecule has 0 bridgehead atoms. The van der Waals surface area contributed by atoms with Gasteiger partial charge in [-0.25, -0.2) is 4.79 Å². The fourth-order valence-electron chi connectivity index (χ4n) is 3.86. The Labute approximate surface area is 154 Å². The zero-order chi connectivity index (χ0) is 19.1. The fourth-order valence-corrected chi connectivity index (χ4v) is 3.86. The van der Waals surface area contributed by atoms with E-state index in [1.54, 1.807) is 18.2 Å². The highest BCUT2D eigenvalue weighted by Gasteiger charge is 2.37. The Hall–Kier alpha value is -3.29.